The molecule has 0 radical (unpaired) electrons. The van der Waals surface area contributed by atoms with Crippen LogP contribution in [-0.2, 0) is 17.8 Å². The summed E-state index contributed by atoms with van der Waals surface area (Å²) in [7, 11) is 3.18. The summed E-state index contributed by atoms with van der Waals surface area (Å²) >= 11 is 0. The van der Waals surface area contributed by atoms with Crippen LogP contribution in [0.3, 0.4) is 0 Å². The predicted octanol–water partition coefficient (Wildman–Crippen LogP) is 4.58. The molecule has 2 aliphatic heterocycles. The number of methoxy groups -OCH3 is 2. The first-order valence-corrected chi connectivity index (χ1v) is 11.7. The highest BCUT2D eigenvalue weighted by molar-refractivity contribution is 6.03. The van der Waals surface area contributed by atoms with E-state index in [0.717, 1.165) is 25.1 Å². The van der Waals surface area contributed by atoms with Gasteiger partial charge in [-0.1, -0.05) is 42.5 Å². The van der Waals surface area contributed by atoms with Gasteiger partial charge in [0.15, 0.2) is 0 Å². The monoisotopic (exact) mass is 473 g/mol. The second kappa shape index (κ2) is 9.88. The van der Waals surface area contributed by atoms with E-state index in [1.807, 2.05) is 18.2 Å². The Balaban J connectivity index is 1.45. The number of benzene rings is 3. The van der Waals surface area contributed by atoms with Crippen LogP contribution >= 0.6 is 0 Å². The molecule has 3 aromatic rings. The van der Waals surface area contributed by atoms with Gasteiger partial charge in [0.05, 0.1) is 32.5 Å². The molecule has 0 aliphatic carbocycles. The molecule has 1 atom stereocenters. The second-order valence-corrected chi connectivity index (χ2v) is 8.82. The van der Waals surface area contributed by atoms with Crippen molar-refractivity contribution in [1.29, 1.82) is 0 Å². The first kappa shape index (κ1) is 23.1. The molecule has 7 heteroatoms. The van der Waals surface area contributed by atoms with Gasteiger partial charge < -0.3 is 9.47 Å². The molecule has 0 fully saturated rings. The number of fused-ring (bicyclic) bond motifs is 1. The van der Waals surface area contributed by atoms with Crippen LogP contribution in [0.1, 0.15) is 34.7 Å². The van der Waals surface area contributed by atoms with Crippen LogP contribution in [0.25, 0.3) is 0 Å². The molecule has 180 valence electrons. The van der Waals surface area contributed by atoms with Gasteiger partial charge in [0, 0.05) is 36.7 Å². The van der Waals surface area contributed by atoms with Crippen LogP contribution < -0.4 is 9.47 Å². The van der Waals surface area contributed by atoms with Crippen molar-refractivity contribution < 1.29 is 18.7 Å². The van der Waals surface area contributed by atoms with Gasteiger partial charge in [0.1, 0.15) is 17.3 Å². The fourth-order valence-corrected chi connectivity index (χ4v) is 4.89. The van der Waals surface area contributed by atoms with Crippen molar-refractivity contribution in [3.05, 3.63) is 94.8 Å². The standard InChI is InChI=1S/C28H28FN3O3/c1-34-21-11-12-23(27(15-21)35-2)26-16-25(22-9-5-6-10-24(22)29)30-32(26)28(33)18-31-14-13-19-7-3-4-8-20(19)17-31/h3-12,15,26H,13-14,16-18H2,1-2H3. The smallest absolute Gasteiger partial charge is 0.257 e. The van der Waals surface area contributed by atoms with E-state index in [2.05, 4.69) is 28.2 Å². The van der Waals surface area contributed by atoms with E-state index < -0.39 is 6.04 Å². The largest absolute Gasteiger partial charge is 0.497 e. The Kier molecular flexibility index (Phi) is 6.51. The summed E-state index contributed by atoms with van der Waals surface area (Å²) in [6.07, 6.45) is 1.29. The van der Waals surface area contributed by atoms with E-state index in [4.69, 9.17) is 9.47 Å². The number of hydrogen-bond donors (Lipinski definition) is 0. The molecule has 35 heavy (non-hydrogen) atoms. The average Bonchev–Trinajstić information content (AvgIpc) is 3.33. The fraction of sp³-hybridized carbons (Fsp3) is 0.286. The van der Waals surface area contributed by atoms with E-state index in [1.54, 1.807) is 38.5 Å². The van der Waals surface area contributed by atoms with E-state index in [-0.39, 0.29) is 18.3 Å². The molecule has 2 heterocycles. The first-order valence-electron chi connectivity index (χ1n) is 11.7. The van der Waals surface area contributed by atoms with Crippen molar-refractivity contribution in [1.82, 2.24) is 9.91 Å². The third kappa shape index (κ3) is 4.64. The molecule has 3 aromatic carbocycles. The topological polar surface area (TPSA) is 54.4 Å². The van der Waals surface area contributed by atoms with E-state index in [1.165, 1.54) is 22.2 Å². The molecule has 1 unspecified atom stereocenters. The van der Waals surface area contributed by atoms with E-state index in [9.17, 15) is 9.18 Å². The van der Waals surface area contributed by atoms with Gasteiger partial charge in [-0.3, -0.25) is 9.69 Å². The number of hydrogen-bond acceptors (Lipinski definition) is 5. The maximum Gasteiger partial charge on any atom is 0.257 e. The van der Waals surface area contributed by atoms with Gasteiger partial charge in [0.25, 0.3) is 5.91 Å². The van der Waals surface area contributed by atoms with Crippen LogP contribution in [0, 0.1) is 5.82 Å². The minimum atomic E-state index is -0.407. The summed E-state index contributed by atoms with van der Waals surface area (Å²) in [5.74, 6) is 0.778. The van der Waals surface area contributed by atoms with Crippen LogP contribution in [0.2, 0.25) is 0 Å². The highest BCUT2D eigenvalue weighted by atomic mass is 19.1. The number of nitrogens with zero attached hydrogens (tertiary/aromatic N) is 3. The Bertz CT molecular complexity index is 1280. The van der Waals surface area contributed by atoms with Gasteiger partial charge >= 0.3 is 0 Å². The lowest BCUT2D eigenvalue weighted by atomic mass is 9.97. The molecule has 0 spiro atoms. The quantitative estimate of drug-likeness (QED) is 0.526. The van der Waals surface area contributed by atoms with Gasteiger partial charge in [-0.05, 0) is 35.7 Å². The highest BCUT2D eigenvalue weighted by Crippen LogP contribution is 2.39. The van der Waals surface area contributed by atoms with Crippen LogP contribution in [0.4, 0.5) is 4.39 Å². The third-order valence-corrected chi connectivity index (χ3v) is 6.72. The SMILES string of the molecule is COc1ccc(C2CC(c3ccccc3F)=NN2C(=O)CN2CCc3ccccc3C2)c(OC)c1. The van der Waals surface area contributed by atoms with Crippen LogP contribution in [0.15, 0.2) is 71.8 Å². The number of hydrazone groups is 1. The molecule has 0 N–H and O–H groups in total. The summed E-state index contributed by atoms with van der Waals surface area (Å²) in [6, 6.07) is 20.0. The summed E-state index contributed by atoms with van der Waals surface area (Å²) in [4.78, 5) is 15.8. The van der Waals surface area contributed by atoms with E-state index >= 15 is 0 Å². The zero-order valence-electron chi connectivity index (χ0n) is 19.9. The number of halogens is 1. The molecular formula is C28H28FN3O3. The summed E-state index contributed by atoms with van der Waals surface area (Å²) in [5.41, 5.74) is 4.34. The summed E-state index contributed by atoms with van der Waals surface area (Å²) in [5, 5.41) is 6.16. The zero-order chi connectivity index (χ0) is 24.4. The minimum absolute atomic E-state index is 0.126. The number of amides is 1. The van der Waals surface area contributed by atoms with Crippen molar-refractivity contribution in [2.45, 2.75) is 25.4 Å². The second-order valence-electron chi connectivity index (χ2n) is 8.82. The maximum absolute atomic E-state index is 14.6. The Morgan fingerprint density at radius 3 is 2.57 bits per heavy atom. The Labute approximate surface area is 204 Å². The number of rotatable bonds is 6. The fourth-order valence-electron chi connectivity index (χ4n) is 4.89. The Morgan fingerprint density at radius 2 is 1.80 bits per heavy atom. The highest BCUT2D eigenvalue weighted by Gasteiger charge is 2.36. The first-order chi connectivity index (χ1) is 17.1. The number of ether oxygens (including phenoxy) is 2. The summed E-state index contributed by atoms with van der Waals surface area (Å²) in [6.45, 7) is 1.75. The van der Waals surface area contributed by atoms with Crippen molar-refractivity contribution in [2.24, 2.45) is 5.10 Å². The molecule has 0 bridgehead atoms. The normalized spacial score (nSPS) is 17.6. The van der Waals surface area contributed by atoms with Gasteiger partial charge in [-0.15, -0.1) is 0 Å². The predicted molar refractivity (Wildman–Crippen MR) is 132 cm³/mol. The van der Waals surface area contributed by atoms with Crippen molar-refractivity contribution in [3.63, 3.8) is 0 Å². The molecule has 1 amide bonds. The number of carbonyl (C=O) groups is 1. The van der Waals surface area contributed by atoms with Crippen LogP contribution in [0.5, 0.6) is 11.5 Å². The minimum Gasteiger partial charge on any atom is -0.497 e. The molecule has 0 saturated carbocycles. The molecule has 0 aromatic heterocycles. The van der Waals surface area contributed by atoms with Crippen molar-refractivity contribution in [3.8, 4) is 11.5 Å². The van der Waals surface area contributed by atoms with Crippen LogP contribution in [-0.4, -0.2) is 48.8 Å². The van der Waals surface area contributed by atoms with Gasteiger partial charge in [-0.2, -0.15) is 5.10 Å². The zero-order valence-corrected chi connectivity index (χ0v) is 19.9. The Hall–Kier alpha value is -3.71. The van der Waals surface area contributed by atoms with Crippen molar-refractivity contribution in [2.75, 3.05) is 27.3 Å². The average molecular weight is 474 g/mol. The molecule has 5 rings (SSSR count). The molecule has 0 saturated heterocycles. The van der Waals surface area contributed by atoms with Crippen molar-refractivity contribution >= 4 is 11.6 Å². The Morgan fingerprint density at radius 1 is 1.03 bits per heavy atom. The number of carbonyl (C=O) groups excluding carboxylic acids is 1. The lowest BCUT2D eigenvalue weighted by Gasteiger charge is -2.30. The maximum atomic E-state index is 14.6. The summed E-state index contributed by atoms with van der Waals surface area (Å²) < 4.78 is 25.6. The van der Waals surface area contributed by atoms with Gasteiger partial charge in [0.2, 0.25) is 0 Å². The van der Waals surface area contributed by atoms with E-state index in [0.29, 0.717) is 29.2 Å². The lowest BCUT2D eigenvalue weighted by molar-refractivity contribution is -0.134. The molecule has 6 nitrogen and oxygen atoms in total. The third-order valence-electron chi connectivity index (χ3n) is 6.72. The van der Waals surface area contributed by atoms with Gasteiger partial charge in [-0.25, -0.2) is 9.40 Å². The lowest BCUT2D eigenvalue weighted by Crippen LogP contribution is -2.40. The molecule has 2 aliphatic rings. The molecular weight excluding hydrogens is 445 g/mol.